The summed E-state index contributed by atoms with van der Waals surface area (Å²) in [5.41, 5.74) is 2.69. The van der Waals surface area contributed by atoms with Crippen molar-refractivity contribution in [2.75, 3.05) is 18.5 Å². The number of nitrogens with zero attached hydrogens (tertiary/aromatic N) is 2. The SMILES string of the molecule is C[C@H](c1ccc(F)cc1)N(C)C(=O)Cc1ccc(N2CCCC2=O)cc1. The summed E-state index contributed by atoms with van der Waals surface area (Å²) in [6.45, 7) is 2.68. The molecule has 3 rings (SSSR count). The Labute approximate surface area is 153 Å². The van der Waals surface area contributed by atoms with Gasteiger partial charge in [0.1, 0.15) is 5.82 Å². The van der Waals surface area contributed by atoms with Crippen molar-refractivity contribution < 1.29 is 14.0 Å². The highest BCUT2D eigenvalue weighted by Gasteiger charge is 2.22. The van der Waals surface area contributed by atoms with E-state index < -0.39 is 0 Å². The van der Waals surface area contributed by atoms with E-state index in [9.17, 15) is 14.0 Å². The first-order valence-corrected chi connectivity index (χ1v) is 8.86. The van der Waals surface area contributed by atoms with Crippen LogP contribution in [0.3, 0.4) is 0 Å². The molecule has 0 aromatic heterocycles. The van der Waals surface area contributed by atoms with Gasteiger partial charge in [-0.1, -0.05) is 24.3 Å². The van der Waals surface area contributed by atoms with Gasteiger partial charge in [-0.15, -0.1) is 0 Å². The highest BCUT2D eigenvalue weighted by molar-refractivity contribution is 5.95. The van der Waals surface area contributed by atoms with Gasteiger partial charge in [-0.3, -0.25) is 9.59 Å². The van der Waals surface area contributed by atoms with Gasteiger partial charge >= 0.3 is 0 Å². The van der Waals surface area contributed by atoms with Crippen LogP contribution in [0.25, 0.3) is 0 Å². The summed E-state index contributed by atoms with van der Waals surface area (Å²) in [6.07, 6.45) is 1.79. The number of hydrogen-bond donors (Lipinski definition) is 0. The number of carbonyl (C=O) groups is 2. The summed E-state index contributed by atoms with van der Waals surface area (Å²) in [5, 5.41) is 0. The van der Waals surface area contributed by atoms with Crippen molar-refractivity contribution in [3.63, 3.8) is 0 Å². The molecule has 5 heteroatoms. The van der Waals surface area contributed by atoms with E-state index in [1.807, 2.05) is 31.2 Å². The van der Waals surface area contributed by atoms with Gasteiger partial charge in [0.2, 0.25) is 11.8 Å². The van der Waals surface area contributed by atoms with E-state index in [1.54, 1.807) is 29.0 Å². The van der Waals surface area contributed by atoms with Gasteiger partial charge < -0.3 is 9.80 Å². The van der Waals surface area contributed by atoms with E-state index in [4.69, 9.17) is 0 Å². The van der Waals surface area contributed by atoms with E-state index >= 15 is 0 Å². The van der Waals surface area contributed by atoms with E-state index in [0.717, 1.165) is 29.8 Å². The molecule has 2 aromatic rings. The quantitative estimate of drug-likeness (QED) is 0.821. The Balaban J connectivity index is 1.63. The summed E-state index contributed by atoms with van der Waals surface area (Å²) >= 11 is 0. The highest BCUT2D eigenvalue weighted by Crippen LogP contribution is 2.23. The fourth-order valence-electron chi connectivity index (χ4n) is 3.20. The molecule has 0 spiro atoms. The van der Waals surface area contributed by atoms with Crippen LogP contribution in [0.1, 0.15) is 36.9 Å². The van der Waals surface area contributed by atoms with Gasteiger partial charge in [-0.25, -0.2) is 4.39 Å². The van der Waals surface area contributed by atoms with Crippen LogP contribution < -0.4 is 4.90 Å². The molecular formula is C21H23FN2O2. The minimum absolute atomic E-state index is 0.00757. The molecule has 136 valence electrons. The van der Waals surface area contributed by atoms with Crippen molar-refractivity contribution in [3.8, 4) is 0 Å². The lowest BCUT2D eigenvalue weighted by molar-refractivity contribution is -0.131. The van der Waals surface area contributed by atoms with Crippen LogP contribution in [0.4, 0.5) is 10.1 Å². The Morgan fingerprint density at radius 2 is 1.81 bits per heavy atom. The van der Waals surface area contributed by atoms with Crippen molar-refractivity contribution in [2.45, 2.75) is 32.2 Å². The molecule has 1 heterocycles. The molecule has 26 heavy (non-hydrogen) atoms. The van der Waals surface area contributed by atoms with E-state index in [-0.39, 0.29) is 30.1 Å². The summed E-state index contributed by atoms with van der Waals surface area (Å²) in [7, 11) is 1.76. The molecule has 0 aliphatic carbocycles. The number of anilines is 1. The third kappa shape index (κ3) is 3.93. The molecule has 1 saturated heterocycles. The predicted molar refractivity (Wildman–Crippen MR) is 99.3 cm³/mol. The van der Waals surface area contributed by atoms with Crippen LogP contribution >= 0.6 is 0 Å². The molecule has 1 atom stereocenters. The normalized spacial score (nSPS) is 15.2. The average Bonchev–Trinajstić information content (AvgIpc) is 3.07. The molecule has 0 bridgehead atoms. The molecule has 0 radical (unpaired) electrons. The topological polar surface area (TPSA) is 40.6 Å². The fourth-order valence-corrected chi connectivity index (χ4v) is 3.20. The first-order valence-electron chi connectivity index (χ1n) is 8.86. The van der Waals surface area contributed by atoms with E-state index in [0.29, 0.717) is 6.42 Å². The molecule has 1 fully saturated rings. The van der Waals surface area contributed by atoms with Crippen molar-refractivity contribution in [1.29, 1.82) is 0 Å². The summed E-state index contributed by atoms with van der Waals surface area (Å²) in [5.74, 6) is -0.139. The van der Waals surface area contributed by atoms with E-state index in [2.05, 4.69) is 0 Å². The van der Waals surface area contributed by atoms with Gasteiger partial charge in [0, 0.05) is 25.7 Å². The highest BCUT2D eigenvalue weighted by atomic mass is 19.1. The van der Waals surface area contributed by atoms with E-state index in [1.165, 1.54) is 12.1 Å². The Hall–Kier alpha value is -2.69. The van der Waals surface area contributed by atoms with Crippen LogP contribution in [-0.2, 0) is 16.0 Å². The van der Waals surface area contributed by atoms with Gasteiger partial charge in [0.05, 0.1) is 12.5 Å². The zero-order valence-electron chi connectivity index (χ0n) is 15.1. The summed E-state index contributed by atoms with van der Waals surface area (Å²) in [4.78, 5) is 27.8. The number of likely N-dealkylation sites (N-methyl/N-ethyl adjacent to an activating group) is 1. The number of halogens is 1. The van der Waals surface area contributed by atoms with Crippen molar-refractivity contribution >= 4 is 17.5 Å². The second kappa shape index (κ2) is 7.68. The average molecular weight is 354 g/mol. The molecule has 1 aliphatic heterocycles. The minimum Gasteiger partial charge on any atom is -0.339 e. The first kappa shape index (κ1) is 18.1. The monoisotopic (exact) mass is 354 g/mol. The molecule has 0 unspecified atom stereocenters. The lowest BCUT2D eigenvalue weighted by Gasteiger charge is -2.25. The molecule has 0 N–H and O–H groups in total. The maximum atomic E-state index is 13.1. The van der Waals surface area contributed by atoms with Crippen LogP contribution in [0.2, 0.25) is 0 Å². The van der Waals surface area contributed by atoms with Gasteiger partial charge in [0.15, 0.2) is 0 Å². The number of benzene rings is 2. The van der Waals surface area contributed by atoms with Crippen LogP contribution in [0.15, 0.2) is 48.5 Å². The van der Waals surface area contributed by atoms with Gasteiger partial charge in [-0.2, -0.15) is 0 Å². The predicted octanol–water partition coefficient (Wildman–Crippen LogP) is 3.71. The zero-order chi connectivity index (χ0) is 18.7. The van der Waals surface area contributed by atoms with Gasteiger partial charge in [-0.05, 0) is 48.7 Å². The largest absolute Gasteiger partial charge is 0.339 e. The first-order chi connectivity index (χ1) is 12.5. The second-order valence-corrected chi connectivity index (χ2v) is 6.72. The lowest BCUT2D eigenvalue weighted by Crippen LogP contribution is -2.31. The third-order valence-electron chi connectivity index (χ3n) is 5.00. The Bertz CT molecular complexity index is 787. The zero-order valence-corrected chi connectivity index (χ0v) is 15.1. The summed E-state index contributed by atoms with van der Waals surface area (Å²) < 4.78 is 13.1. The number of amides is 2. The maximum Gasteiger partial charge on any atom is 0.227 e. The lowest BCUT2D eigenvalue weighted by atomic mass is 10.1. The Morgan fingerprint density at radius 3 is 2.38 bits per heavy atom. The van der Waals surface area contributed by atoms with Crippen LogP contribution in [0.5, 0.6) is 0 Å². The van der Waals surface area contributed by atoms with Crippen LogP contribution in [-0.4, -0.2) is 30.3 Å². The third-order valence-corrected chi connectivity index (χ3v) is 5.00. The standard InChI is InChI=1S/C21H23FN2O2/c1-15(17-7-9-18(22)10-8-17)23(2)21(26)14-16-5-11-19(12-6-16)24-13-3-4-20(24)25/h5-12,15H,3-4,13-14H2,1-2H3/t15-/m1/s1. The van der Waals surface area contributed by atoms with Crippen molar-refractivity contribution in [3.05, 3.63) is 65.5 Å². The van der Waals surface area contributed by atoms with Gasteiger partial charge in [0.25, 0.3) is 0 Å². The second-order valence-electron chi connectivity index (χ2n) is 6.72. The maximum absolute atomic E-state index is 13.1. The van der Waals surface area contributed by atoms with Crippen molar-refractivity contribution in [1.82, 2.24) is 4.90 Å². The molecule has 1 aliphatic rings. The fraction of sp³-hybridized carbons (Fsp3) is 0.333. The molecule has 2 aromatic carbocycles. The number of hydrogen-bond acceptors (Lipinski definition) is 2. The Morgan fingerprint density at radius 1 is 1.15 bits per heavy atom. The number of carbonyl (C=O) groups excluding carboxylic acids is 2. The van der Waals surface area contributed by atoms with Crippen LogP contribution in [0, 0.1) is 5.82 Å². The molecular weight excluding hydrogens is 331 g/mol. The molecule has 4 nitrogen and oxygen atoms in total. The molecule has 0 saturated carbocycles. The Kier molecular flexibility index (Phi) is 5.35. The summed E-state index contributed by atoms with van der Waals surface area (Å²) in [6, 6.07) is 13.7. The molecule has 2 amide bonds. The minimum atomic E-state index is -0.286. The van der Waals surface area contributed by atoms with Crippen molar-refractivity contribution in [2.24, 2.45) is 0 Å². The smallest absolute Gasteiger partial charge is 0.227 e. The number of rotatable bonds is 5.